The van der Waals surface area contributed by atoms with Gasteiger partial charge in [-0.25, -0.2) is 9.59 Å². The summed E-state index contributed by atoms with van der Waals surface area (Å²) in [7, 11) is 0. The van der Waals surface area contributed by atoms with Crippen molar-refractivity contribution >= 4 is 27.9 Å². The van der Waals surface area contributed by atoms with Gasteiger partial charge in [-0.1, -0.05) is 0 Å². The van der Waals surface area contributed by atoms with Crippen LogP contribution in [0, 0.1) is 0 Å². The third-order valence-corrected chi connectivity index (χ3v) is 2.40. The van der Waals surface area contributed by atoms with Crippen LogP contribution in [0.4, 0.5) is 0 Å². The second-order valence-electron chi connectivity index (χ2n) is 2.70. The van der Waals surface area contributed by atoms with E-state index in [1.807, 2.05) is 0 Å². The lowest BCUT2D eigenvalue weighted by Crippen LogP contribution is -2.55. The van der Waals surface area contributed by atoms with Gasteiger partial charge in [0.15, 0.2) is 6.10 Å². The van der Waals surface area contributed by atoms with Crippen LogP contribution in [0.25, 0.3) is 0 Å². The Balaban J connectivity index is 4.78. The van der Waals surface area contributed by atoms with Crippen molar-refractivity contribution in [2.75, 3.05) is 0 Å². The van der Waals surface area contributed by atoms with Crippen LogP contribution in [-0.4, -0.2) is 65.4 Å². The number of aliphatic hydroxyl groups excluding tert-OH is 3. The molecule has 0 aliphatic carbocycles. The average Bonchev–Trinajstić information content (AvgIpc) is 2.13. The zero-order valence-corrected chi connectivity index (χ0v) is 8.70. The van der Waals surface area contributed by atoms with E-state index in [0.29, 0.717) is 0 Å². The maximum absolute atomic E-state index is 10.4. The van der Waals surface area contributed by atoms with Gasteiger partial charge in [-0.05, 0) is 15.9 Å². The molecule has 0 saturated carbocycles. The monoisotopic (exact) mass is 288 g/mol. The maximum Gasteiger partial charge on any atom is 0.349 e. The van der Waals surface area contributed by atoms with Crippen LogP contribution in [0.1, 0.15) is 0 Å². The highest BCUT2D eigenvalue weighted by molar-refractivity contribution is 9.10. The number of carboxylic acid groups (broad SMARTS) is 2. The summed E-state index contributed by atoms with van der Waals surface area (Å²) in [6.07, 6.45) is -7.19. The summed E-state index contributed by atoms with van der Waals surface area (Å²) in [5.74, 6) is -3.80. The van der Waals surface area contributed by atoms with E-state index in [2.05, 4.69) is 15.9 Å². The first-order valence-electron chi connectivity index (χ1n) is 3.54. The van der Waals surface area contributed by atoms with Crippen LogP contribution in [0.5, 0.6) is 0 Å². The topological polar surface area (TPSA) is 156 Å². The second-order valence-corrected chi connectivity index (χ2v) is 3.91. The Labute approximate surface area is 91.5 Å². The smallest absolute Gasteiger partial charge is 0.349 e. The third-order valence-electron chi connectivity index (χ3n) is 1.59. The number of alkyl halides is 1. The van der Waals surface area contributed by atoms with Crippen LogP contribution < -0.4 is 0 Å². The van der Waals surface area contributed by atoms with Crippen molar-refractivity contribution in [1.29, 1.82) is 0 Å². The Morgan fingerprint density at radius 3 is 1.80 bits per heavy atom. The largest absolute Gasteiger partial charge is 0.479 e. The van der Waals surface area contributed by atoms with Gasteiger partial charge >= 0.3 is 11.9 Å². The van der Waals surface area contributed by atoms with Crippen LogP contribution in [-0.2, 0) is 9.59 Å². The van der Waals surface area contributed by atoms with E-state index >= 15 is 0 Å². The van der Waals surface area contributed by atoms with Gasteiger partial charge in [0.25, 0.3) is 0 Å². The van der Waals surface area contributed by atoms with Crippen molar-refractivity contribution in [3.63, 3.8) is 0 Å². The molecule has 9 heteroatoms. The maximum atomic E-state index is 10.4. The van der Waals surface area contributed by atoms with Gasteiger partial charge in [0.2, 0.25) is 4.51 Å². The molecule has 0 fully saturated rings. The molecule has 4 atom stereocenters. The predicted octanol–water partition coefficient (Wildman–Crippen LogP) is -2.68. The quantitative estimate of drug-likeness (QED) is 0.299. The predicted molar refractivity (Wildman–Crippen MR) is 47.2 cm³/mol. The number of halogens is 1. The second kappa shape index (κ2) is 4.86. The van der Waals surface area contributed by atoms with E-state index in [9.17, 15) is 9.59 Å². The summed E-state index contributed by atoms with van der Waals surface area (Å²) in [6.45, 7) is 0. The van der Waals surface area contributed by atoms with Crippen LogP contribution in [0.3, 0.4) is 0 Å². The average molecular weight is 289 g/mol. The highest BCUT2D eigenvalue weighted by Gasteiger charge is 2.48. The Bertz CT molecular complexity index is 264. The fourth-order valence-electron chi connectivity index (χ4n) is 0.672. The number of hydrogen-bond acceptors (Lipinski definition) is 6. The number of hydrogen-bond donors (Lipinski definition) is 6. The number of carbonyl (C=O) groups is 2. The zero-order valence-electron chi connectivity index (χ0n) is 7.11. The van der Waals surface area contributed by atoms with E-state index < -0.39 is 34.8 Å². The molecule has 0 aromatic rings. The summed E-state index contributed by atoms with van der Waals surface area (Å²) in [4.78, 5) is 20.5. The zero-order chi connectivity index (χ0) is 12.4. The molecular formula is C6H9BrO8. The molecule has 0 aromatic carbocycles. The van der Waals surface area contributed by atoms with Gasteiger partial charge in [0.05, 0.1) is 0 Å². The highest BCUT2D eigenvalue weighted by Crippen LogP contribution is 2.23. The molecule has 0 rings (SSSR count). The molecule has 0 amide bonds. The number of rotatable bonds is 5. The first-order chi connectivity index (χ1) is 6.62. The first-order valence-corrected chi connectivity index (χ1v) is 4.33. The molecule has 0 aromatic heterocycles. The van der Waals surface area contributed by atoms with Crippen molar-refractivity contribution in [3.8, 4) is 0 Å². The fourth-order valence-corrected chi connectivity index (χ4v) is 0.942. The molecular weight excluding hydrogens is 280 g/mol. The van der Waals surface area contributed by atoms with Crippen LogP contribution in [0.2, 0.25) is 0 Å². The van der Waals surface area contributed by atoms with Gasteiger partial charge in [-0.2, -0.15) is 0 Å². The molecule has 15 heavy (non-hydrogen) atoms. The minimum absolute atomic E-state index is 1.87. The molecule has 8 nitrogen and oxygen atoms in total. The number of carboxylic acids is 2. The van der Waals surface area contributed by atoms with Crippen LogP contribution >= 0.6 is 15.9 Å². The Morgan fingerprint density at radius 1 is 1.13 bits per heavy atom. The Kier molecular flexibility index (Phi) is 4.62. The van der Waals surface area contributed by atoms with E-state index in [-0.39, 0.29) is 0 Å². The molecule has 6 N–H and O–H groups in total. The van der Waals surface area contributed by atoms with Crippen LogP contribution in [0.15, 0.2) is 0 Å². The molecule has 0 heterocycles. The minimum Gasteiger partial charge on any atom is -0.479 e. The summed E-state index contributed by atoms with van der Waals surface area (Å²) in [5.41, 5.74) is 0. The van der Waals surface area contributed by atoms with Crippen molar-refractivity contribution in [2.45, 2.75) is 22.8 Å². The first kappa shape index (κ1) is 14.3. The van der Waals surface area contributed by atoms with Gasteiger partial charge in [0, 0.05) is 0 Å². The van der Waals surface area contributed by atoms with Crippen molar-refractivity contribution < 1.29 is 40.2 Å². The van der Waals surface area contributed by atoms with E-state index in [1.165, 1.54) is 0 Å². The molecule has 0 saturated heterocycles. The highest BCUT2D eigenvalue weighted by atomic mass is 79.9. The lowest BCUT2D eigenvalue weighted by Gasteiger charge is -2.27. The molecule has 0 aliphatic heterocycles. The van der Waals surface area contributed by atoms with Gasteiger partial charge < -0.3 is 30.6 Å². The van der Waals surface area contributed by atoms with Gasteiger partial charge in [-0.15, -0.1) is 0 Å². The molecule has 0 radical (unpaired) electrons. The summed E-state index contributed by atoms with van der Waals surface area (Å²) in [5, 5.41) is 52.6. The summed E-state index contributed by atoms with van der Waals surface area (Å²) in [6, 6.07) is 0. The number of aliphatic hydroxyl groups is 4. The lowest BCUT2D eigenvalue weighted by atomic mass is 10.0. The molecule has 0 aliphatic rings. The standard InChI is InChI=1S/C6H9BrO8/c7-6(15,5(13)14)3(10)1(8)2(9)4(11)12/h1-3,8-10,15H,(H,11,12)(H,13,14)/t1-,2-,3+,6-/m0/s1. The normalized spacial score (nSPS) is 21.1. The molecule has 0 unspecified atom stereocenters. The van der Waals surface area contributed by atoms with E-state index in [1.54, 1.807) is 0 Å². The molecule has 88 valence electrons. The Hall–Kier alpha value is -0.740. The minimum atomic E-state index is -2.94. The molecule has 0 bridgehead atoms. The van der Waals surface area contributed by atoms with Crippen molar-refractivity contribution in [3.05, 3.63) is 0 Å². The van der Waals surface area contributed by atoms with Crippen molar-refractivity contribution in [2.24, 2.45) is 0 Å². The Morgan fingerprint density at radius 2 is 1.53 bits per heavy atom. The fraction of sp³-hybridized carbons (Fsp3) is 0.667. The van der Waals surface area contributed by atoms with Crippen molar-refractivity contribution in [1.82, 2.24) is 0 Å². The lowest BCUT2D eigenvalue weighted by molar-refractivity contribution is -0.176. The van der Waals surface area contributed by atoms with Gasteiger partial charge in [-0.3, -0.25) is 0 Å². The molecule has 0 spiro atoms. The van der Waals surface area contributed by atoms with E-state index in [0.717, 1.165) is 0 Å². The van der Waals surface area contributed by atoms with Gasteiger partial charge in [0.1, 0.15) is 12.2 Å². The summed E-state index contributed by atoms with van der Waals surface area (Å²) >= 11 is 2.17. The van der Waals surface area contributed by atoms with E-state index in [4.69, 9.17) is 30.6 Å². The summed E-state index contributed by atoms with van der Waals surface area (Å²) < 4.78 is -2.94. The SMILES string of the molecule is O=C(O)[C@@H](O)[C@H](O)[C@@H](O)[C@@](O)(Br)C(=O)O. The number of aliphatic carboxylic acids is 2. The third kappa shape index (κ3) is 3.11.